The summed E-state index contributed by atoms with van der Waals surface area (Å²) in [5.41, 5.74) is -1.24. The van der Waals surface area contributed by atoms with Gasteiger partial charge in [-0.2, -0.15) is 11.8 Å². The van der Waals surface area contributed by atoms with Crippen LogP contribution in [-0.4, -0.2) is 40.2 Å². The Bertz CT molecular complexity index is 308. The third-order valence-corrected chi connectivity index (χ3v) is 4.65. The maximum atomic E-state index is 11.6. The van der Waals surface area contributed by atoms with E-state index < -0.39 is 17.5 Å². The molecule has 98 valence electrons. The number of hydrogen-bond donors (Lipinski definition) is 3. The lowest BCUT2D eigenvalue weighted by Crippen LogP contribution is -2.55. The third kappa shape index (κ3) is 3.52. The molecular formula is C11H20N2O3S. The Morgan fingerprint density at radius 1 is 1.41 bits per heavy atom. The molecule has 0 spiro atoms. The number of carbonyl (C=O) groups is 2. The van der Waals surface area contributed by atoms with Gasteiger partial charge in [0, 0.05) is 11.3 Å². The van der Waals surface area contributed by atoms with E-state index in [1.54, 1.807) is 11.8 Å². The van der Waals surface area contributed by atoms with E-state index in [9.17, 15) is 9.59 Å². The molecule has 6 heteroatoms. The van der Waals surface area contributed by atoms with Crippen LogP contribution in [0.1, 0.15) is 33.1 Å². The lowest BCUT2D eigenvalue weighted by Gasteiger charge is -2.40. The van der Waals surface area contributed by atoms with Crippen molar-refractivity contribution >= 4 is 23.8 Å². The number of thioether (sulfide) groups is 1. The lowest BCUT2D eigenvalue weighted by atomic mass is 9.84. The zero-order chi connectivity index (χ0) is 13.1. The highest BCUT2D eigenvalue weighted by atomic mass is 32.2. The van der Waals surface area contributed by atoms with Gasteiger partial charge in [0.2, 0.25) is 0 Å². The van der Waals surface area contributed by atoms with Gasteiger partial charge in [0.15, 0.2) is 0 Å². The summed E-state index contributed by atoms with van der Waals surface area (Å²) in [6, 6.07) is -0.419. The standard InChI is InChI=1S/C11H20N2O3S/c1-10(2,8(14)15)13-9(16)12-7-11(17-3)5-4-6-11/h4-7H2,1-3H3,(H,14,15)(H2,12,13,16). The van der Waals surface area contributed by atoms with Crippen molar-refractivity contribution in [3.63, 3.8) is 0 Å². The maximum absolute atomic E-state index is 11.6. The van der Waals surface area contributed by atoms with Gasteiger partial charge in [-0.3, -0.25) is 0 Å². The second-order valence-corrected chi connectivity index (χ2v) is 6.25. The molecule has 0 aromatic carbocycles. The molecule has 17 heavy (non-hydrogen) atoms. The predicted molar refractivity (Wildman–Crippen MR) is 68.3 cm³/mol. The number of rotatable bonds is 5. The number of carboxylic acid groups (broad SMARTS) is 1. The van der Waals surface area contributed by atoms with Crippen molar-refractivity contribution in [3.05, 3.63) is 0 Å². The van der Waals surface area contributed by atoms with Crippen molar-refractivity contribution in [1.82, 2.24) is 10.6 Å². The summed E-state index contributed by atoms with van der Waals surface area (Å²) < 4.78 is 0.157. The molecule has 0 heterocycles. The maximum Gasteiger partial charge on any atom is 0.328 e. The number of hydrogen-bond acceptors (Lipinski definition) is 3. The molecule has 5 nitrogen and oxygen atoms in total. The highest BCUT2D eigenvalue weighted by Crippen LogP contribution is 2.42. The molecule has 2 amide bonds. The number of amides is 2. The van der Waals surface area contributed by atoms with Crippen LogP contribution in [0.15, 0.2) is 0 Å². The molecule has 0 atom stereocenters. The Hall–Kier alpha value is -0.910. The van der Waals surface area contributed by atoms with Gasteiger partial charge in [-0.25, -0.2) is 9.59 Å². The smallest absolute Gasteiger partial charge is 0.328 e. The summed E-state index contributed by atoms with van der Waals surface area (Å²) in [5.74, 6) is -1.05. The number of carbonyl (C=O) groups excluding carboxylic acids is 1. The van der Waals surface area contributed by atoms with E-state index in [4.69, 9.17) is 5.11 Å². The normalized spacial score (nSPS) is 18.1. The first-order valence-corrected chi connectivity index (χ1v) is 6.88. The van der Waals surface area contributed by atoms with Crippen molar-refractivity contribution in [2.45, 2.75) is 43.4 Å². The first-order chi connectivity index (χ1) is 7.81. The van der Waals surface area contributed by atoms with E-state index in [0.717, 1.165) is 12.8 Å². The van der Waals surface area contributed by atoms with Crippen LogP contribution in [0.5, 0.6) is 0 Å². The number of urea groups is 1. The summed E-state index contributed by atoms with van der Waals surface area (Å²) in [7, 11) is 0. The Kier molecular flexibility index (Phi) is 4.30. The van der Waals surface area contributed by atoms with Crippen LogP contribution in [0.4, 0.5) is 4.79 Å². The van der Waals surface area contributed by atoms with Crippen LogP contribution in [0, 0.1) is 0 Å². The zero-order valence-electron chi connectivity index (χ0n) is 10.5. The Balaban J connectivity index is 2.38. The molecule has 0 aromatic heterocycles. The lowest BCUT2D eigenvalue weighted by molar-refractivity contribution is -0.142. The summed E-state index contributed by atoms with van der Waals surface area (Å²) >= 11 is 1.77. The quantitative estimate of drug-likeness (QED) is 0.699. The molecule has 1 fully saturated rings. The second kappa shape index (κ2) is 5.16. The van der Waals surface area contributed by atoms with Gasteiger partial charge >= 0.3 is 12.0 Å². The van der Waals surface area contributed by atoms with Gasteiger partial charge in [-0.1, -0.05) is 6.42 Å². The summed E-state index contributed by atoms with van der Waals surface area (Å²) in [6.45, 7) is 3.51. The number of nitrogens with one attached hydrogen (secondary N) is 2. The molecule has 1 aliphatic rings. The van der Waals surface area contributed by atoms with Crippen LogP contribution < -0.4 is 10.6 Å². The average molecular weight is 260 g/mol. The molecule has 0 aromatic rings. The van der Waals surface area contributed by atoms with Gasteiger partial charge in [0.05, 0.1) is 0 Å². The van der Waals surface area contributed by atoms with E-state index >= 15 is 0 Å². The number of carboxylic acids is 1. The van der Waals surface area contributed by atoms with E-state index in [2.05, 4.69) is 10.6 Å². The molecule has 1 rings (SSSR count). The van der Waals surface area contributed by atoms with Gasteiger partial charge < -0.3 is 15.7 Å². The minimum Gasteiger partial charge on any atom is -0.480 e. The van der Waals surface area contributed by atoms with Crippen molar-refractivity contribution in [2.75, 3.05) is 12.8 Å². The molecule has 0 unspecified atom stereocenters. The first-order valence-electron chi connectivity index (χ1n) is 5.66. The fraction of sp³-hybridized carbons (Fsp3) is 0.818. The molecule has 3 N–H and O–H groups in total. The topological polar surface area (TPSA) is 78.4 Å². The van der Waals surface area contributed by atoms with Gasteiger partial charge in [0.25, 0.3) is 0 Å². The van der Waals surface area contributed by atoms with Crippen molar-refractivity contribution < 1.29 is 14.7 Å². The minimum absolute atomic E-state index is 0.157. The van der Waals surface area contributed by atoms with Gasteiger partial charge in [-0.05, 0) is 32.9 Å². The largest absolute Gasteiger partial charge is 0.480 e. The Morgan fingerprint density at radius 2 is 2.00 bits per heavy atom. The summed E-state index contributed by atoms with van der Waals surface area (Å²) in [6.07, 6.45) is 5.46. The van der Waals surface area contributed by atoms with Gasteiger partial charge in [-0.15, -0.1) is 0 Å². The molecule has 0 saturated heterocycles. The zero-order valence-corrected chi connectivity index (χ0v) is 11.3. The van der Waals surface area contributed by atoms with E-state index in [1.807, 2.05) is 6.26 Å². The van der Waals surface area contributed by atoms with Crippen molar-refractivity contribution in [3.8, 4) is 0 Å². The fourth-order valence-electron chi connectivity index (χ4n) is 1.65. The fourth-order valence-corrected chi connectivity index (χ4v) is 2.56. The number of aliphatic carboxylic acids is 1. The predicted octanol–water partition coefficient (Wildman–Crippen LogP) is 1.43. The van der Waals surface area contributed by atoms with Crippen LogP contribution in [0.25, 0.3) is 0 Å². The van der Waals surface area contributed by atoms with E-state index in [0.29, 0.717) is 6.54 Å². The second-order valence-electron chi connectivity index (χ2n) is 4.98. The molecule has 1 saturated carbocycles. The summed E-state index contributed by atoms with van der Waals surface area (Å²) in [5, 5.41) is 14.1. The highest BCUT2D eigenvalue weighted by molar-refractivity contribution is 8.00. The van der Waals surface area contributed by atoms with Crippen molar-refractivity contribution in [2.24, 2.45) is 0 Å². The Labute approximate surface area is 106 Å². The van der Waals surface area contributed by atoms with Crippen molar-refractivity contribution in [1.29, 1.82) is 0 Å². The molecule has 0 aliphatic heterocycles. The average Bonchev–Trinajstić information content (AvgIpc) is 2.15. The van der Waals surface area contributed by atoms with Crippen LogP contribution in [-0.2, 0) is 4.79 Å². The molecule has 0 bridgehead atoms. The molecule has 0 radical (unpaired) electrons. The van der Waals surface area contributed by atoms with Crippen LogP contribution in [0.3, 0.4) is 0 Å². The monoisotopic (exact) mass is 260 g/mol. The van der Waals surface area contributed by atoms with Crippen LogP contribution >= 0.6 is 11.8 Å². The SMILES string of the molecule is CSC1(CNC(=O)NC(C)(C)C(=O)O)CCC1. The molecule has 1 aliphatic carbocycles. The third-order valence-electron chi connectivity index (χ3n) is 3.23. The minimum atomic E-state index is -1.24. The molecular weight excluding hydrogens is 240 g/mol. The highest BCUT2D eigenvalue weighted by Gasteiger charge is 2.37. The van der Waals surface area contributed by atoms with E-state index in [-0.39, 0.29) is 4.75 Å². The summed E-state index contributed by atoms with van der Waals surface area (Å²) in [4.78, 5) is 22.4. The van der Waals surface area contributed by atoms with Crippen LogP contribution in [0.2, 0.25) is 0 Å². The first kappa shape index (κ1) is 14.2. The van der Waals surface area contributed by atoms with Gasteiger partial charge in [0.1, 0.15) is 5.54 Å². The Morgan fingerprint density at radius 3 is 2.35 bits per heavy atom. The van der Waals surface area contributed by atoms with E-state index in [1.165, 1.54) is 20.3 Å².